The lowest BCUT2D eigenvalue weighted by Crippen LogP contribution is -1.91. The van der Waals surface area contributed by atoms with E-state index in [-0.39, 0.29) is 0 Å². The van der Waals surface area contributed by atoms with Crippen LogP contribution in [0.4, 0.5) is 11.4 Å². The number of nitrogens with two attached hydrogens (primary N) is 1. The molecule has 1 aromatic carbocycles. The molecule has 0 aliphatic carbocycles. The maximum absolute atomic E-state index is 5.73. The number of aryl methyl sites for hydroxylation is 2. The van der Waals surface area contributed by atoms with Crippen molar-refractivity contribution in [3.05, 3.63) is 23.3 Å². The van der Waals surface area contributed by atoms with Crippen LogP contribution in [0.2, 0.25) is 0 Å². The number of anilines is 1. The Hall–Kier alpha value is -0.960. The van der Waals surface area contributed by atoms with Crippen LogP contribution in [-0.2, 0) is 12.4 Å². The highest BCUT2D eigenvalue weighted by atomic mass is 32.1. The van der Waals surface area contributed by atoms with Crippen LogP contribution in [-0.4, -0.2) is 0 Å². The van der Waals surface area contributed by atoms with Gasteiger partial charge in [0.1, 0.15) is 5.69 Å². The highest BCUT2D eigenvalue weighted by Gasteiger charge is 2.02. The predicted molar refractivity (Wildman–Crippen MR) is 49.8 cm³/mol. The van der Waals surface area contributed by atoms with Gasteiger partial charge in [-0.15, -0.1) is 0 Å². The van der Waals surface area contributed by atoms with Gasteiger partial charge in [-0.3, -0.25) is 0 Å². The quantitative estimate of drug-likeness (QED) is 0.650. The lowest BCUT2D eigenvalue weighted by atomic mass is 10.1. The average Bonchev–Trinajstić information content (AvgIpc) is 1.99. The topological polar surface area (TPSA) is 38.4 Å². The van der Waals surface area contributed by atoms with E-state index in [1.54, 1.807) is 0 Å². The lowest BCUT2D eigenvalue weighted by molar-refractivity contribution is 1.37. The Bertz CT molecular complexity index is 294. The van der Waals surface area contributed by atoms with Gasteiger partial charge < -0.3 is 5.73 Å². The summed E-state index contributed by atoms with van der Waals surface area (Å²) in [6.07, 6.45) is 0. The molecule has 0 aliphatic heterocycles. The minimum Gasteiger partial charge on any atom is -0.397 e. The van der Waals surface area contributed by atoms with E-state index in [9.17, 15) is 0 Å². The van der Waals surface area contributed by atoms with E-state index in [0.29, 0.717) is 5.69 Å². The van der Waals surface area contributed by atoms with Crippen LogP contribution in [0.1, 0.15) is 11.1 Å². The van der Waals surface area contributed by atoms with Gasteiger partial charge in [0, 0.05) is 12.4 Å². The van der Waals surface area contributed by atoms with Gasteiger partial charge in [-0.05, 0) is 25.0 Å². The Labute approximate surface area is 71.6 Å². The summed E-state index contributed by atoms with van der Waals surface area (Å²) in [5.41, 5.74) is 9.22. The Morgan fingerprint density at radius 2 is 1.82 bits per heavy atom. The van der Waals surface area contributed by atoms with Crippen molar-refractivity contribution in [2.24, 2.45) is 4.36 Å². The van der Waals surface area contributed by atoms with Crippen molar-refractivity contribution >= 4 is 23.8 Å². The summed E-state index contributed by atoms with van der Waals surface area (Å²) in [4.78, 5) is 0. The normalized spacial score (nSPS) is 9.64. The van der Waals surface area contributed by atoms with Gasteiger partial charge in [0.15, 0.2) is 0 Å². The van der Waals surface area contributed by atoms with Crippen molar-refractivity contribution in [3.63, 3.8) is 0 Å². The molecular formula is C8H10N2S. The third-order valence-corrected chi connectivity index (χ3v) is 1.91. The zero-order valence-corrected chi connectivity index (χ0v) is 7.40. The zero-order chi connectivity index (χ0) is 8.43. The van der Waals surface area contributed by atoms with Crippen molar-refractivity contribution in [1.29, 1.82) is 0 Å². The molecular weight excluding hydrogens is 156 g/mol. The van der Waals surface area contributed by atoms with Gasteiger partial charge in [-0.25, -0.2) is 0 Å². The largest absolute Gasteiger partial charge is 0.397 e. The molecule has 11 heavy (non-hydrogen) atoms. The fraction of sp³-hybridized carbons (Fsp3) is 0.250. The Kier molecular flexibility index (Phi) is 2.19. The molecule has 0 bridgehead atoms. The maximum Gasteiger partial charge on any atom is 0.103 e. The van der Waals surface area contributed by atoms with E-state index in [1.165, 1.54) is 0 Å². The molecule has 2 nitrogen and oxygen atoms in total. The fourth-order valence-electron chi connectivity index (χ4n) is 0.939. The average molecular weight is 166 g/mol. The monoisotopic (exact) mass is 166 g/mol. The first-order valence-electron chi connectivity index (χ1n) is 3.36. The van der Waals surface area contributed by atoms with Gasteiger partial charge in [-0.2, -0.15) is 4.36 Å². The smallest absolute Gasteiger partial charge is 0.103 e. The number of hydrogen-bond acceptors (Lipinski definition) is 3. The van der Waals surface area contributed by atoms with Crippen molar-refractivity contribution < 1.29 is 0 Å². The summed E-state index contributed by atoms with van der Waals surface area (Å²) in [6.45, 7) is 3.89. The summed E-state index contributed by atoms with van der Waals surface area (Å²) in [6, 6.07) is 3.94. The summed E-state index contributed by atoms with van der Waals surface area (Å²) < 4.78 is 3.69. The predicted octanol–water partition coefficient (Wildman–Crippen LogP) is 2.25. The number of nitrogens with zero attached hydrogens (tertiary/aromatic N) is 1. The standard InChI is InChI=1S/C8H10N2S/c1-5-3-4-6(2)8(10-11)7(5)9/h3-4H,9H2,1-2H3. The summed E-state index contributed by atoms with van der Waals surface area (Å²) in [5, 5.41) is 0. The minimum atomic E-state index is 0.694. The second kappa shape index (κ2) is 2.96. The molecule has 0 aromatic heterocycles. The maximum atomic E-state index is 5.73. The van der Waals surface area contributed by atoms with Crippen LogP contribution in [0.15, 0.2) is 16.5 Å². The van der Waals surface area contributed by atoms with Crippen molar-refractivity contribution in [2.45, 2.75) is 13.8 Å². The van der Waals surface area contributed by atoms with E-state index < -0.39 is 0 Å². The number of hydrogen-bond donors (Lipinski definition) is 1. The zero-order valence-electron chi connectivity index (χ0n) is 6.59. The molecule has 0 radical (unpaired) electrons. The van der Waals surface area contributed by atoms with Crippen LogP contribution < -0.4 is 5.73 Å². The van der Waals surface area contributed by atoms with E-state index in [0.717, 1.165) is 16.8 Å². The molecule has 0 unspecified atom stereocenters. The SMILES string of the molecule is Cc1ccc(C)c(N=S)c1N. The van der Waals surface area contributed by atoms with E-state index in [2.05, 4.69) is 16.8 Å². The molecule has 0 heterocycles. The molecule has 0 saturated heterocycles. The number of benzene rings is 1. The van der Waals surface area contributed by atoms with Crippen LogP contribution >= 0.6 is 0 Å². The first-order chi connectivity index (χ1) is 5.16. The van der Waals surface area contributed by atoms with Crippen LogP contribution in [0.25, 0.3) is 0 Å². The molecule has 0 amide bonds. The minimum absolute atomic E-state index is 0.694. The fourth-order valence-corrected chi connectivity index (χ4v) is 1.18. The van der Waals surface area contributed by atoms with E-state index >= 15 is 0 Å². The highest BCUT2D eigenvalue weighted by Crippen LogP contribution is 2.28. The molecule has 0 aliphatic rings. The third-order valence-electron chi connectivity index (χ3n) is 1.73. The second-order valence-electron chi connectivity index (χ2n) is 2.55. The van der Waals surface area contributed by atoms with Crippen molar-refractivity contribution in [2.75, 3.05) is 5.73 Å². The van der Waals surface area contributed by atoms with Gasteiger partial charge in [0.2, 0.25) is 0 Å². The van der Waals surface area contributed by atoms with Crippen LogP contribution in [0.5, 0.6) is 0 Å². The van der Waals surface area contributed by atoms with E-state index in [4.69, 9.17) is 5.73 Å². The first kappa shape index (κ1) is 8.14. The molecule has 0 fully saturated rings. The van der Waals surface area contributed by atoms with Gasteiger partial charge in [0.25, 0.3) is 0 Å². The molecule has 0 atom stereocenters. The summed E-state index contributed by atoms with van der Waals surface area (Å²) in [5.74, 6) is 0. The van der Waals surface area contributed by atoms with Gasteiger partial charge >= 0.3 is 0 Å². The Morgan fingerprint density at radius 1 is 1.27 bits per heavy atom. The molecule has 1 rings (SSSR count). The molecule has 0 saturated carbocycles. The highest BCUT2D eigenvalue weighted by molar-refractivity contribution is 7.47. The van der Waals surface area contributed by atoms with Crippen molar-refractivity contribution in [1.82, 2.24) is 0 Å². The summed E-state index contributed by atoms with van der Waals surface area (Å²) >= 11 is 4.60. The molecule has 58 valence electrons. The lowest BCUT2D eigenvalue weighted by Gasteiger charge is -2.04. The molecule has 2 N–H and O–H groups in total. The van der Waals surface area contributed by atoms with E-state index in [1.807, 2.05) is 26.0 Å². The third kappa shape index (κ3) is 1.38. The first-order valence-corrected chi connectivity index (χ1v) is 3.72. The van der Waals surface area contributed by atoms with Gasteiger partial charge in [0.05, 0.1) is 5.69 Å². The Balaban J connectivity index is 3.40. The van der Waals surface area contributed by atoms with Crippen molar-refractivity contribution in [3.8, 4) is 0 Å². The van der Waals surface area contributed by atoms with Crippen LogP contribution in [0, 0.1) is 13.8 Å². The molecule has 3 heteroatoms. The number of nitrogen functional groups attached to an aromatic ring is 1. The van der Waals surface area contributed by atoms with Crippen LogP contribution in [0.3, 0.4) is 0 Å². The second-order valence-corrected chi connectivity index (χ2v) is 2.74. The Morgan fingerprint density at radius 3 is 2.27 bits per heavy atom. The molecule has 1 aromatic rings. The summed E-state index contributed by atoms with van der Waals surface area (Å²) in [7, 11) is 0. The number of rotatable bonds is 1. The molecule has 0 spiro atoms. The van der Waals surface area contributed by atoms with Gasteiger partial charge in [-0.1, -0.05) is 12.1 Å².